The van der Waals surface area contributed by atoms with Crippen LogP contribution in [0.2, 0.25) is 0 Å². The van der Waals surface area contributed by atoms with E-state index in [4.69, 9.17) is 11.0 Å². The maximum atomic E-state index is 10.4. The number of nitrogen functional groups attached to an aromatic ring is 1. The third kappa shape index (κ3) is 3.20. The molecule has 0 aromatic heterocycles. The van der Waals surface area contributed by atoms with Crippen molar-refractivity contribution in [1.82, 2.24) is 0 Å². The van der Waals surface area contributed by atoms with Crippen molar-refractivity contribution >= 4 is 48.5 Å². The van der Waals surface area contributed by atoms with Gasteiger partial charge in [-0.3, -0.25) is 0 Å². The number of rotatable bonds is 6. The van der Waals surface area contributed by atoms with E-state index in [1.54, 1.807) is 18.2 Å². The third-order valence-corrected chi connectivity index (χ3v) is 3.61. The normalized spacial score (nSPS) is 11.2. The highest BCUT2D eigenvalue weighted by Gasteiger charge is 2.16. The molecule has 4 N–H and O–H groups in total. The second kappa shape index (κ2) is 7.23. The van der Waals surface area contributed by atoms with Crippen LogP contribution in [-0.4, -0.2) is 24.6 Å². The molecule has 1 radical (unpaired) electrons. The molecule has 0 atom stereocenters. The number of nitrogens with two attached hydrogens (primary N) is 1. The van der Waals surface area contributed by atoms with Gasteiger partial charge in [-0.1, -0.05) is 5.04 Å². The molecule has 0 saturated carbocycles. The van der Waals surface area contributed by atoms with Crippen molar-refractivity contribution in [3.63, 3.8) is 0 Å². The van der Waals surface area contributed by atoms with E-state index in [0.29, 0.717) is 33.4 Å². The van der Waals surface area contributed by atoms with Crippen LogP contribution >= 0.6 is 12.0 Å². The molecule has 0 aliphatic rings. The molecule has 0 fully saturated rings. The van der Waals surface area contributed by atoms with Crippen LogP contribution in [0.25, 0.3) is 10.8 Å². The molecule has 10 heteroatoms. The minimum Gasteiger partial charge on any atom is -0.505 e. The fourth-order valence-corrected chi connectivity index (χ4v) is 2.40. The van der Waals surface area contributed by atoms with Crippen molar-refractivity contribution in [2.75, 3.05) is 5.73 Å². The van der Waals surface area contributed by atoms with Gasteiger partial charge in [-0.05, 0) is 42.8 Å². The van der Waals surface area contributed by atoms with Gasteiger partial charge in [0.1, 0.15) is 5.69 Å². The predicted molar refractivity (Wildman–Crippen MR) is 85.2 cm³/mol. The van der Waals surface area contributed by atoms with Crippen molar-refractivity contribution in [1.29, 1.82) is 0 Å². The van der Waals surface area contributed by atoms with Gasteiger partial charge in [0.05, 0.1) is 16.9 Å². The summed E-state index contributed by atoms with van der Waals surface area (Å²) in [5.41, 5.74) is 7.39. The summed E-state index contributed by atoms with van der Waals surface area (Å²) < 4.78 is 4.42. The third-order valence-electron chi connectivity index (χ3n) is 2.99. The molecular formula is C12H12BN4O4S. The van der Waals surface area contributed by atoms with Gasteiger partial charge in [0.2, 0.25) is 0 Å². The number of nitrogens with zero attached hydrogens (tertiary/aromatic N) is 3. The lowest BCUT2D eigenvalue weighted by molar-refractivity contribution is -0.432. The molecule has 0 bridgehead atoms. The molecule has 0 unspecified atom stereocenters. The van der Waals surface area contributed by atoms with E-state index >= 15 is 0 Å². The summed E-state index contributed by atoms with van der Waals surface area (Å²) >= 11 is 0.662. The number of phenols is 1. The topological polar surface area (TPSA) is 122 Å². The Kier molecular flexibility index (Phi) is 5.33. The minimum atomic E-state index is -0.106. The second-order valence-corrected chi connectivity index (χ2v) is 4.93. The van der Waals surface area contributed by atoms with Gasteiger partial charge in [0, 0.05) is 11.1 Å². The summed E-state index contributed by atoms with van der Waals surface area (Å²) in [6.07, 6.45) is 0. The molecule has 0 saturated heterocycles. The van der Waals surface area contributed by atoms with Crippen molar-refractivity contribution in [3.05, 3.63) is 23.8 Å². The van der Waals surface area contributed by atoms with Crippen LogP contribution in [-0.2, 0) is 9.37 Å². The molecular weight excluding hydrogens is 307 g/mol. The highest BCUT2D eigenvalue weighted by atomic mass is 32.2. The lowest BCUT2D eigenvalue weighted by Crippen LogP contribution is -1.91. The number of fused-ring (bicyclic) bond motifs is 1. The molecule has 0 aliphatic carbocycles. The van der Waals surface area contributed by atoms with Crippen molar-refractivity contribution < 1.29 is 19.7 Å². The van der Waals surface area contributed by atoms with E-state index in [-0.39, 0.29) is 11.4 Å². The van der Waals surface area contributed by atoms with Gasteiger partial charge in [0.25, 0.3) is 0 Å². The zero-order valence-electron chi connectivity index (χ0n) is 11.6. The number of aromatic hydroxyl groups is 1. The van der Waals surface area contributed by atoms with Gasteiger partial charge in [-0.15, -0.1) is 4.33 Å². The monoisotopic (exact) mass is 319 g/mol. The van der Waals surface area contributed by atoms with E-state index in [2.05, 4.69) is 31.1 Å². The average Bonchev–Trinajstić information content (AvgIpc) is 2.51. The first-order valence-electron chi connectivity index (χ1n) is 5.98. The Morgan fingerprint density at radius 3 is 2.82 bits per heavy atom. The van der Waals surface area contributed by atoms with Gasteiger partial charge in [-0.2, -0.15) is 5.11 Å². The fraction of sp³-hybridized carbons (Fsp3) is 0.0833. The Hall–Kier alpha value is -2.14. The number of phenolic OH excluding ortho intramolecular Hbond substituents is 1. The lowest BCUT2D eigenvalue weighted by atomic mass is 10.0. The van der Waals surface area contributed by atoms with Crippen LogP contribution < -0.4 is 5.73 Å². The molecule has 22 heavy (non-hydrogen) atoms. The lowest BCUT2D eigenvalue weighted by Gasteiger charge is -2.11. The largest absolute Gasteiger partial charge is 0.505 e. The van der Waals surface area contributed by atoms with E-state index < -0.39 is 0 Å². The standard InChI is InChI=1S/C12H12BN4O4S/c1-6-8-5-10(22-21-20-19)11(16-17-13-15-2)12(18)7(8)3-4-9(6)14/h3-5,18-19H,2,14H2,1H3. The second-order valence-electron chi connectivity index (χ2n) is 4.19. The SMILES string of the molecule is C=N[B]N=Nc1c(SOOO)cc2c(C)c(N)ccc2c1O. The van der Waals surface area contributed by atoms with E-state index in [0.717, 1.165) is 13.1 Å². The van der Waals surface area contributed by atoms with Crippen LogP contribution in [0, 0.1) is 6.92 Å². The molecule has 113 valence electrons. The quantitative estimate of drug-likeness (QED) is 0.143. The molecule has 8 nitrogen and oxygen atoms in total. The van der Waals surface area contributed by atoms with E-state index in [1.165, 1.54) is 0 Å². The van der Waals surface area contributed by atoms with Gasteiger partial charge in [0.15, 0.2) is 5.75 Å². The summed E-state index contributed by atoms with van der Waals surface area (Å²) in [6.45, 7) is 5.06. The smallest absolute Gasteiger partial charge is 0.459 e. The number of hydrogen-bond acceptors (Lipinski definition) is 9. The Morgan fingerprint density at radius 2 is 2.14 bits per heavy atom. The molecule has 2 rings (SSSR count). The molecule has 0 heterocycles. The molecule has 0 aliphatic heterocycles. The average molecular weight is 319 g/mol. The number of aryl methyl sites for hydroxylation is 1. The predicted octanol–water partition coefficient (Wildman–Crippen LogP) is 3.18. The summed E-state index contributed by atoms with van der Waals surface area (Å²) in [6, 6.07) is 5.06. The zero-order chi connectivity index (χ0) is 16.1. The summed E-state index contributed by atoms with van der Waals surface area (Å²) in [5, 5.41) is 31.1. The number of anilines is 1. The summed E-state index contributed by atoms with van der Waals surface area (Å²) in [5.74, 6) is -0.106. The minimum absolute atomic E-state index is 0.106. The maximum absolute atomic E-state index is 10.4. The zero-order valence-corrected chi connectivity index (χ0v) is 12.4. The van der Waals surface area contributed by atoms with E-state index in [1.807, 2.05) is 6.92 Å². The first-order valence-corrected chi connectivity index (χ1v) is 6.72. The Bertz CT molecular complexity index is 741. The molecule has 2 aromatic rings. The summed E-state index contributed by atoms with van der Waals surface area (Å²) in [4.78, 5) is 3.79. The molecule has 0 amide bonds. The summed E-state index contributed by atoms with van der Waals surface area (Å²) in [7, 11) is 1.12. The maximum Gasteiger partial charge on any atom is 0.459 e. The van der Waals surface area contributed by atoms with Crippen LogP contribution in [0.15, 0.2) is 38.1 Å². The van der Waals surface area contributed by atoms with Crippen molar-refractivity contribution in [3.8, 4) is 5.75 Å². The van der Waals surface area contributed by atoms with Crippen molar-refractivity contribution in [2.45, 2.75) is 11.8 Å². The highest BCUT2D eigenvalue weighted by Crippen LogP contribution is 2.44. The van der Waals surface area contributed by atoms with Crippen molar-refractivity contribution in [2.24, 2.45) is 15.0 Å². The van der Waals surface area contributed by atoms with Gasteiger partial charge in [-0.25, -0.2) is 10.3 Å². The number of benzene rings is 2. The van der Waals surface area contributed by atoms with Crippen LogP contribution in [0.1, 0.15) is 5.56 Å². The highest BCUT2D eigenvalue weighted by molar-refractivity contribution is 7.94. The van der Waals surface area contributed by atoms with Crippen LogP contribution in [0.4, 0.5) is 11.4 Å². The van der Waals surface area contributed by atoms with Gasteiger partial charge < -0.3 is 15.7 Å². The van der Waals surface area contributed by atoms with Gasteiger partial charge >= 0.3 is 7.55 Å². The fourth-order valence-electron chi connectivity index (χ4n) is 1.91. The first kappa shape index (κ1) is 16.2. The molecule has 0 spiro atoms. The number of hydrogen-bond donors (Lipinski definition) is 3. The Labute approximate surface area is 131 Å². The first-order chi connectivity index (χ1) is 10.6. The van der Waals surface area contributed by atoms with E-state index in [9.17, 15) is 5.11 Å². The Balaban J connectivity index is 2.66. The molecule has 2 aromatic carbocycles. The van der Waals surface area contributed by atoms with Crippen LogP contribution in [0.5, 0.6) is 5.75 Å². The Morgan fingerprint density at radius 1 is 1.36 bits per heavy atom. The van der Waals surface area contributed by atoms with Crippen LogP contribution in [0.3, 0.4) is 0 Å².